The molecule has 0 spiro atoms. The van der Waals surface area contributed by atoms with Crippen LogP contribution in [-0.2, 0) is 14.8 Å². The van der Waals surface area contributed by atoms with Gasteiger partial charge in [-0.1, -0.05) is 19.9 Å². The summed E-state index contributed by atoms with van der Waals surface area (Å²) in [6.45, 7) is 3.65. The summed E-state index contributed by atoms with van der Waals surface area (Å²) in [6.07, 6.45) is 1.96. The first-order valence-corrected chi connectivity index (χ1v) is 8.62. The first kappa shape index (κ1) is 14.5. The fraction of sp³-hybridized carbons (Fsp3) is 0.583. The second-order valence-electron chi connectivity index (χ2n) is 5.06. The van der Waals surface area contributed by atoms with Crippen molar-refractivity contribution in [2.75, 3.05) is 0 Å². The van der Waals surface area contributed by atoms with Gasteiger partial charge in [-0.05, 0) is 30.2 Å². The Morgan fingerprint density at radius 2 is 2.11 bits per heavy atom. The number of hydrogen-bond donors (Lipinski definition) is 2. The second kappa shape index (κ2) is 5.60. The normalized spacial score (nSPS) is 17.4. The van der Waals surface area contributed by atoms with Gasteiger partial charge >= 0.3 is 0 Å². The summed E-state index contributed by atoms with van der Waals surface area (Å²) in [5, 5.41) is 4.54. The lowest BCUT2D eigenvalue weighted by molar-refractivity contribution is -0.123. The van der Waals surface area contributed by atoms with Crippen LogP contribution in [0.25, 0.3) is 0 Å². The molecule has 0 aliphatic heterocycles. The molecular weight excluding hydrogens is 284 g/mol. The van der Waals surface area contributed by atoms with Crippen LogP contribution in [-0.4, -0.2) is 26.4 Å². The highest BCUT2D eigenvalue weighted by Crippen LogP contribution is 2.20. The van der Waals surface area contributed by atoms with E-state index in [9.17, 15) is 13.2 Å². The predicted molar refractivity (Wildman–Crippen MR) is 74.4 cm³/mol. The molecule has 5 nitrogen and oxygen atoms in total. The number of carbonyl (C=O) groups is 1. The third kappa shape index (κ3) is 3.77. The van der Waals surface area contributed by atoms with Gasteiger partial charge in [0.25, 0.3) is 10.0 Å². The molecule has 0 aromatic carbocycles. The van der Waals surface area contributed by atoms with Gasteiger partial charge in [0.15, 0.2) is 0 Å². The summed E-state index contributed by atoms with van der Waals surface area (Å²) in [5.74, 6) is -0.342. The fourth-order valence-electron chi connectivity index (χ4n) is 1.65. The lowest BCUT2D eigenvalue weighted by atomic mass is 10.1. The zero-order valence-electron chi connectivity index (χ0n) is 10.9. The first-order valence-electron chi connectivity index (χ1n) is 6.26. The lowest BCUT2D eigenvalue weighted by Gasteiger charge is -2.21. The number of nitrogens with one attached hydrogen (secondary N) is 2. The van der Waals surface area contributed by atoms with Crippen molar-refractivity contribution in [2.24, 2.45) is 5.92 Å². The molecule has 1 aliphatic carbocycles. The van der Waals surface area contributed by atoms with E-state index in [1.54, 1.807) is 11.4 Å². The Hall–Kier alpha value is -0.920. The molecule has 1 amide bonds. The van der Waals surface area contributed by atoms with Gasteiger partial charge in [-0.25, -0.2) is 8.42 Å². The minimum Gasteiger partial charge on any atom is -0.352 e. The maximum absolute atomic E-state index is 12.1. The van der Waals surface area contributed by atoms with Gasteiger partial charge in [0.05, 0.1) is 0 Å². The summed E-state index contributed by atoms with van der Waals surface area (Å²) in [5.41, 5.74) is 0. The molecule has 106 valence electrons. The molecule has 2 N–H and O–H groups in total. The molecule has 2 rings (SSSR count). The molecule has 1 aliphatic rings. The number of hydrogen-bond acceptors (Lipinski definition) is 4. The topological polar surface area (TPSA) is 75.3 Å². The summed E-state index contributed by atoms with van der Waals surface area (Å²) < 4.78 is 27.0. The van der Waals surface area contributed by atoms with Crippen molar-refractivity contribution >= 4 is 27.3 Å². The Labute approximate surface area is 117 Å². The quantitative estimate of drug-likeness (QED) is 0.832. The van der Waals surface area contributed by atoms with E-state index in [4.69, 9.17) is 0 Å². The molecule has 1 atom stereocenters. The van der Waals surface area contributed by atoms with Gasteiger partial charge in [-0.15, -0.1) is 11.3 Å². The highest BCUT2D eigenvalue weighted by molar-refractivity contribution is 7.91. The smallest absolute Gasteiger partial charge is 0.250 e. The zero-order chi connectivity index (χ0) is 14.0. The molecule has 0 radical (unpaired) electrons. The van der Waals surface area contributed by atoms with Crippen molar-refractivity contribution in [2.45, 2.75) is 43.0 Å². The van der Waals surface area contributed by atoms with Crippen LogP contribution in [0.2, 0.25) is 0 Å². The van der Waals surface area contributed by atoms with E-state index in [1.807, 2.05) is 13.8 Å². The van der Waals surface area contributed by atoms with Crippen LogP contribution in [0.1, 0.15) is 26.7 Å². The maximum atomic E-state index is 12.1. The van der Waals surface area contributed by atoms with E-state index >= 15 is 0 Å². The zero-order valence-corrected chi connectivity index (χ0v) is 12.6. The van der Waals surface area contributed by atoms with E-state index in [0.29, 0.717) is 0 Å². The molecule has 0 bridgehead atoms. The van der Waals surface area contributed by atoms with Crippen molar-refractivity contribution in [1.29, 1.82) is 0 Å². The largest absolute Gasteiger partial charge is 0.352 e. The van der Waals surface area contributed by atoms with Gasteiger partial charge in [-0.3, -0.25) is 4.79 Å². The number of rotatable bonds is 6. The van der Waals surface area contributed by atoms with E-state index in [-0.39, 0.29) is 22.1 Å². The Balaban J connectivity index is 2.09. The van der Waals surface area contributed by atoms with E-state index < -0.39 is 16.1 Å². The predicted octanol–water partition coefficient (Wildman–Crippen LogP) is 1.33. The highest BCUT2D eigenvalue weighted by atomic mass is 32.2. The van der Waals surface area contributed by atoms with Gasteiger partial charge in [0, 0.05) is 6.04 Å². The van der Waals surface area contributed by atoms with Crippen LogP contribution in [0.4, 0.5) is 0 Å². The first-order chi connectivity index (χ1) is 8.90. The molecule has 19 heavy (non-hydrogen) atoms. The average Bonchev–Trinajstić information content (AvgIpc) is 2.96. The summed E-state index contributed by atoms with van der Waals surface area (Å²) in [7, 11) is -3.61. The van der Waals surface area contributed by atoms with Crippen LogP contribution in [0.15, 0.2) is 21.7 Å². The van der Waals surface area contributed by atoms with E-state index in [0.717, 1.165) is 24.2 Å². The minimum atomic E-state index is -3.61. The SMILES string of the molecule is CC(C)[C@@H](NS(=O)(=O)c1cccs1)C(=O)NC1CC1. The second-order valence-corrected chi connectivity index (χ2v) is 7.95. The molecular formula is C12H18N2O3S2. The fourth-order valence-corrected chi connectivity index (χ4v) is 4.01. The monoisotopic (exact) mass is 302 g/mol. The number of carbonyl (C=O) groups excluding carboxylic acids is 1. The molecule has 1 saturated carbocycles. The van der Waals surface area contributed by atoms with Gasteiger partial charge in [0.2, 0.25) is 5.91 Å². The molecule has 1 aromatic rings. The molecule has 1 fully saturated rings. The molecule has 0 unspecified atom stereocenters. The standard InChI is InChI=1S/C12H18N2O3S2/c1-8(2)11(12(15)13-9-5-6-9)14-19(16,17)10-4-3-7-18-10/h3-4,7-9,11,14H,5-6H2,1-2H3,(H,13,15)/t11-/m1/s1. The van der Waals surface area contributed by atoms with Crippen molar-refractivity contribution in [3.05, 3.63) is 17.5 Å². The van der Waals surface area contributed by atoms with Gasteiger partial charge in [0.1, 0.15) is 10.3 Å². The minimum absolute atomic E-state index is 0.103. The Morgan fingerprint density at radius 1 is 1.42 bits per heavy atom. The molecule has 7 heteroatoms. The highest BCUT2D eigenvalue weighted by Gasteiger charge is 2.32. The van der Waals surface area contributed by atoms with Crippen molar-refractivity contribution < 1.29 is 13.2 Å². The molecule has 0 saturated heterocycles. The Morgan fingerprint density at radius 3 is 2.58 bits per heavy atom. The Kier molecular flexibility index (Phi) is 4.27. The van der Waals surface area contributed by atoms with Gasteiger partial charge in [-0.2, -0.15) is 4.72 Å². The number of thiophene rings is 1. The van der Waals surface area contributed by atoms with E-state index in [2.05, 4.69) is 10.0 Å². The summed E-state index contributed by atoms with van der Waals surface area (Å²) in [4.78, 5) is 12.0. The summed E-state index contributed by atoms with van der Waals surface area (Å²) >= 11 is 1.14. The van der Waals surface area contributed by atoms with Crippen molar-refractivity contribution in [3.63, 3.8) is 0 Å². The van der Waals surface area contributed by atoms with Crippen LogP contribution in [0.3, 0.4) is 0 Å². The van der Waals surface area contributed by atoms with Crippen molar-refractivity contribution in [1.82, 2.24) is 10.0 Å². The third-order valence-corrected chi connectivity index (χ3v) is 5.75. The molecule has 1 heterocycles. The number of sulfonamides is 1. The Bertz CT molecular complexity index is 533. The average molecular weight is 302 g/mol. The van der Waals surface area contributed by atoms with Crippen LogP contribution in [0.5, 0.6) is 0 Å². The maximum Gasteiger partial charge on any atom is 0.250 e. The van der Waals surface area contributed by atoms with Crippen molar-refractivity contribution in [3.8, 4) is 0 Å². The molecule has 1 aromatic heterocycles. The summed E-state index contributed by atoms with van der Waals surface area (Å²) in [6, 6.07) is 2.70. The van der Waals surface area contributed by atoms with Gasteiger partial charge < -0.3 is 5.32 Å². The van der Waals surface area contributed by atoms with Crippen LogP contribution >= 0.6 is 11.3 Å². The van der Waals surface area contributed by atoms with Crippen LogP contribution in [0, 0.1) is 5.92 Å². The lowest BCUT2D eigenvalue weighted by Crippen LogP contribution is -2.50. The van der Waals surface area contributed by atoms with Crippen LogP contribution < -0.4 is 10.0 Å². The number of amides is 1. The third-order valence-electron chi connectivity index (χ3n) is 2.91. The van der Waals surface area contributed by atoms with E-state index in [1.165, 1.54) is 6.07 Å².